The Morgan fingerprint density at radius 2 is 1.56 bits per heavy atom. The molecule has 3 aromatic rings. The van der Waals surface area contributed by atoms with E-state index in [2.05, 4.69) is 5.32 Å². The molecule has 0 fully saturated rings. The van der Waals surface area contributed by atoms with Gasteiger partial charge in [-0.2, -0.15) is 0 Å². The summed E-state index contributed by atoms with van der Waals surface area (Å²) in [4.78, 5) is 29.8. The van der Waals surface area contributed by atoms with Crippen LogP contribution >= 0.6 is 23.4 Å². The first-order chi connectivity index (χ1) is 16.5. The Bertz CT molecular complexity index is 1060. The molecule has 0 bridgehead atoms. The van der Waals surface area contributed by atoms with Gasteiger partial charge >= 0.3 is 0 Å². The van der Waals surface area contributed by atoms with Gasteiger partial charge in [-0.3, -0.25) is 9.59 Å². The molecular weight excluding hydrogens is 464 g/mol. The minimum absolute atomic E-state index is 0.0155. The molecule has 2 amide bonds. The Morgan fingerprint density at radius 3 is 2.21 bits per heavy atom. The summed E-state index contributed by atoms with van der Waals surface area (Å²) in [5.41, 5.74) is 1.82. The second-order valence-corrected chi connectivity index (χ2v) is 9.69. The summed E-state index contributed by atoms with van der Waals surface area (Å²) in [6.45, 7) is 4.27. The highest BCUT2D eigenvalue weighted by molar-refractivity contribution is 8.00. The molecule has 178 valence electrons. The minimum Gasteiger partial charge on any atom is -0.352 e. The lowest BCUT2D eigenvalue weighted by molar-refractivity contribution is -0.139. The van der Waals surface area contributed by atoms with Gasteiger partial charge in [0, 0.05) is 28.9 Å². The lowest BCUT2D eigenvalue weighted by Crippen LogP contribution is -2.52. The average Bonchev–Trinajstić information content (AvgIpc) is 2.86. The van der Waals surface area contributed by atoms with Crippen molar-refractivity contribution in [2.75, 3.05) is 5.75 Å². The van der Waals surface area contributed by atoms with Crippen molar-refractivity contribution < 1.29 is 9.59 Å². The highest BCUT2D eigenvalue weighted by Crippen LogP contribution is 2.23. The van der Waals surface area contributed by atoms with Gasteiger partial charge in [-0.25, -0.2) is 0 Å². The van der Waals surface area contributed by atoms with Gasteiger partial charge in [0.15, 0.2) is 0 Å². The Labute approximate surface area is 211 Å². The molecule has 0 radical (unpaired) electrons. The maximum atomic E-state index is 13.6. The van der Waals surface area contributed by atoms with Gasteiger partial charge in [0.1, 0.15) is 6.04 Å². The van der Waals surface area contributed by atoms with Crippen molar-refractivity contribution in [3.63, 3.8) is 0 Å². The monoisotopic (exact) mass is 494 g/mol. The zero-order valence-corrected chi connectivity index (χ0v) is 21.2. The molecule has 34 heavy (non-hydrogen) atoms. The van der Waals surface area contributed by atoms with Crippen LogP contribution in [0.1, 0.15) is 31.4 Å². The smallest absolute Gasteiger partial charge is 0.243 e. The first kappa shape index (κ1) is 25.9. The Balaban J connectivity index is 1.92. The summed E-state index contributed by atoms with van der Waals surface area (Å²) in [7, 11) is 0. The van der Waals surface area contributed by atoms with Crippen LogP contribution < -0.4 is 5.32 Å². The van der Waals surface area contributed by atoms with E-state index >= 15 is 0 Å². The quantitative estimate of drug-likeness (QED) is 0.333. The molecule has 0 unspecified atom stereocenters. The van der Waals surface area contributed by atoms with Crippen LogP contribution in [-0.2, 0) is 22.6 Å². The molecule has 6 heteroatoms. The standard InChI is InChI=1S/C28H31ClN2O2S/c1-3-21(2)30-28(33)26(18-22-12-6-4-7-13-22)31(19-23-14-10-11-17-25(23)29)27(32)20-34-24-15-8-5-9-16-24/h4-17,21,26H,3,18-20H2,1-2H3,(H,30,33)/t21-,26+/m0/s1. The van der Waals surface area contributed by atoms with Crippen molar-refractivity contribution >= 4 is 35.2 Å². The second kappa shape index (κ2) is 13.2. The SMILES string of the molecule is CC[C@H](C)NC(=O)[C@@H](Cc1ccccc1)N(Cc1ccccc1Cl)C(=O)CSc1ccccc1. The number of thioether (sulfide) groups is 1. The van der Waals surface area contributed by atoms with Crippen molar-refractivity contribution in [1.29, 1.82) is 0 Å². The minimum atomic E-state index is -0.656. The van der Waals surface area contributed by atoms with Gasteiger partial charge in [0.05, 0.1) is 5.75 Å². The number of carbonyl (C=O) groups is 2. The molecule has 0 aliphatic heterocycles. The van der Waals surface area contributed by atoms with Gasteiger partial charge in [-0.05, 0) is 42.7 Å². The summed E-state index contributed by atoms with van der Waals surface area (Å²) in [6.07, 6.45) is 1.24. The van der Waals surface area contributed by atoms with Gasteiger partial charge < -0.3 is 10.2 Å². The lowest BCUT2D eigenvalue weighted by atomic mass is 10.0. The maximum Gasteiger partial charge on any atom is 0.243 e. The van der Waals surface area contributed by atoms with Gasteiger partial charge in [0.2, 0.25) is 11.8 Å². The van der Waals surface area contributed by atoms with Crippen LogP contribution in [0.25, 0.3) is 0 Å². The highest BCUT2D eigenvalue weighted by Gasteiger charge is 2.31. The highest BCUT2D eigenvalue weighted by atomic mass is 35.5. The number of halogens is 1. The molecule has 0 saturated carbocycles. The fourth-order valence-corrected chi connectivity index (χ4v) is 4.55. The summed E-state index contributed by atoms with van der Waals surface area (Å²) < 4.78 is 0. The number of hydrogen-bond donors (Lipinski definition) is 1. The lowest BCUT2D eigenvalue weighted by Gasteiger charge is -2.32. The Hall–Kier alpha value is -2.76. The Kier molecular flexibility index (Phi) is 10.0. The van der Waals surface area contributed by atoms with Crippen LogP contribution in [0.5, 0.6) is 0 Å². The van der Waals surface area contributed by atoms with E-state index in [1.165, 1.54) is 11.8 Å². The van der Waals surface area contributed by atoms with Crippen molar-refractivity contribution in [2.45, 2.75) is 50.2 Å². The van der Waals surface area contributed by atoms with Gasteiger partial charge in [-0.1, -0.05) is 85.3 Å². The molecule has 0 aliphatic carbocycles. The normalized spacial score (nSPS) is 12.6. The number of rotatable bonds is 11. The molecule has 3 aromatic carbocycles. The van der Waals surface area contributed by atoms with Crippen molar-refractivity contribution in [1.82, 2.24) is 10.2 Å². The number of benzene rings is 3. The van der Waals surface area contributed by atoms with E-state index in [9.17, 15) is 9.59 Å². The van der Waals surface area contributed by atoms with Crippen molar-refractivity contribution in [3.05, 3.63) is 101 Å². The van der Waals surface area contributed by atoms with Crippen LogP contribution in [0.3, 0.4) is 0 Å². The topological polar surface area (TPSA) is 49.4 Å². The van der Waals surface area contributed by atoms with E-state index in [0.717, 1.165) is 22.4 Å². The van der Waals surface area contributed by atoms with Crippen LogP contribution in [0.2, 0.25) is 5.02 Å². The maximum absolute atomic E-state index is 13.6. The Morgan fingerprint density at radius 1 is 0.941 bits per heavy atom. The summed E-state index contributed by atoms with van der Waals surface area (Å²) >= 11 is 7.92. The van der Waals surface area contributed by atoms with E-state index < -0.39 is 6.04 Å². The van der Waals surface area contributed by atoms with Crippen LogP contribution in [0, 0.1) is 0 Å². The average molecular weight is 495 g/mol. The van der Waals surface area contributed by atoms with Crippen molar-refractivity contribution in [2.24, 2.45) is 0 Å². The summed E-state index contributed by atoms with van der Waals surface area (Å²) in [6, 6.07) is 26.5. The summed E-state index contributed by atoms with van der Waals surface area (Å²) in [5.74, 6) is -0.0200. The third kappa shape index (κ3) is 7.64. The van der Waals surface area contributed by atoms with Crippen molar-refractivity contribution in [3.8, 4) is 0 Å². The van der Waals surface area contributed by atoms with E-state index in [0.29, 0.717) is 11.4 Å². The number of nitrogens with zero attached hydrogens (tertiary/aromatic N) is 1. The van der Waals surface area contributed by atoms with Crippen LogP contribution in [0.15, 0.2) is 89.8 Å². The van der Waals surface area contributed by atoms with Crippen LogP contribution in [-0.4, -0.2) is 34.6 Å². The summed E-state index contributed by atoms with van der Waals surface area (Å²) in [5, 5.41) is 3.67. The van der Waals surface area contributed by atoms with Gasteiger partial charge in [0.25, 0.3) is 0 Å². The number of amides is 2. The fourth-order valence-electron chi connectivity index (χ4n) is 3.55. The second-order valence-electron chi connectivity index (χ2n) is 8.24. The first-order valence-electron chi connectivity index (χ1n) is 11.5. The zero-order valence-electron chi connectivity index (χ0n) is 19.6. The molecule has 1 N–H and O–H groups in total. The van der Waals surface area contributed by atoms with E-state index in [4.69, 9.17) is 11.6 Å². The predicted molar refractivity (Wildman–Crippen MR) is 141 cm³/mol. The third-order valence-electron chi connectivity index (χ3n) is 5.68. The molecule has 0 heterocycles. The third-order valence-corrected chi connectivity index (χ3v) is 7.04. The molecule has 0 spiro atoms. The molecule has 2 atom stereocenters. The molecule has 3 rings (SSSR count). The number of hydrogen-bond acceptors (Lipinski definition) is 3. The molecule has 0 saturated heterocycles. The number of carbonyl (C=O) groups excluding carboxylic acids is 2. The molecular formula is C28H31ClN2O2S. The molecule has 0 aliphatic rings. The van der Waals surface area contributed by atoms with E-state index in [-0.39, 0.29) is 30.2 Å². The van der Waals surface area contributed by atoms with E-state index in [1.54, 1.807) is 4.90 Å². The molecule has 4 nitrogen and oxygen atoms in total. The van der Waals surface area contributed by atoms with E-state index in [1.807, 2.05) is 98.8 Å². The fraction of sp³-hybridized carbons (Fsp3) is 0.286. The first-order valence-corrected chi connectivity index (χ1v) is 12.9. The zero-order chi connectivity index (χ0) is 24.3. The molecule has 0 aromatic heterocycles. The van der Waals surface area contributed by atoms with Gasteiger partial charge in [-0.15, -0.1) is 11.8 Å². The number of nitrogens with one attached hydrogen (secondary N) is 1. The predicted octanol–water partition coefficient (Wildman–Crippen LogP) is 5.99. The largest absolute Gasteiger partial charge is 0.352 e. The van der Waals surface area contributed by atoms with Crippen LogP contribution in [0.4, 0.5) is 0 Å².